The second kappa shape index (κ2) is 5.77. The molecule has 3 rings (SSSR count). The van der Waals surface area contributed by atoms with Crippen molar-refractivity contribution in [2.75, 3.05) is 44.7 Å². The van der Waals surface area contributed by atoms with Crippen LogP contribution >= 0.6 is 11.3 Å². The number of fused-ring (bicyclic) bond motifs is 1. The summed E-state index contributed by atoms with van der Waals surface area (Å²) in [5, 5.41) is 4.83. The first-order valence-corrected chi connectivity index (χ1v) is 8.26. The number of nitrogens with zero attached hydrogens (tertiary/aromatic N) is 3. The van der Waals surface area contributed by atoms with E-state index < -0.39 is 0 Å². The fourth-order valence-corrected chi connectivity index (χ4v) is 4.20. The Bertz CT molecular complexity index is 423. The van der Waals surface area contributed by atoms with Crippen molar-refractivity contribution in [3.05, 3.63) is 10.6 Å². The topological polar surface area (TPSA) is 31.4 Å². The first kappa shape index (κ1) is 13.3. The SMILES string of the molecule is CCNC1CCCc2sc(N3CCN(C)CC3)nc21. The zero-order valence-corrected chi connectivity index (χ0v) is 12.8. The van der Waals surface area contributed by atoms with Crippen molar-refractivity contribution >= 4 is 16.5 Å². The van der Waals surface area contributed by atoms with E-state index in [-0.39, 0.29) is 0 Å². The number of hydrogen-bond donors (Lipinski definition) is 1. The van der Waals surface area contributed by atoms with Crippen LogP contribution in [0.1, 0.15) is 36.4 Å². The quantitative estimate of drug-likeness (QED) is 0.916. The molecule has 106 valence electrons. The van der Waals surface area contributed by atoms with Crippen molar-refractivity contribution in [2.24, 2.45) is 0 Å². The third-order valence-corrected chi connectivity index (χ3v) is 5.36. The monoisotopic (exact) mass is 280 g/mol. The second-order valence-electron chi connectivity index (χ2n) is 5.60. The Balaban J connectivity index is 1.77. The van der Waals surface area contributed by atoms with Gasteiger partial charge in [0.05, 0.1) is 11.7 Å². The molecule has 0 aromatic carbocycles. The van der Waals surface area contributed by atoms with E-state index in [4.69, 9.17) is 4.98 Å². The number of likely N-dealkylation sites (N-methyl/N-ethyl adjacent to an activating group) is 1. The third-order valence-electron chi connectivity index (χ3n) is 4.17. The van der Waals surface area contributed by atoms with Crippen molar-refractivity contribution in [1.29, 1.82) is 0 Å². The summed E-state index contributed by atoms with van der Waals surface area (Å²) in [7, 11) is 2.20. The number of hydrogen-bond acceptors (Lipinski definition) is 5. The van der Waals surface area contributed by atoms with Gasteiger partial charge in [-0.1, -0.05) is 6.92 Å². The maximum Gasteiger partial charge on any atom is 0.185 e. The Kier molecular flexibility index (Phi) is 4.05. The minimum atomic E-state index is 0.492. The molecule has 1 unspecified atom stereocenters. The van der Waals surface area contributed by atoms with Crippen LogP contribution in [-0.2, 0) is 6.42 Å². The molecule has 4 nitrogen and oxygen atoms in total. The van der Waals surface area contributed by atoms with Gasteiger partial charge in [-0.05, 0) is 32.9 Å². The molecular weight excluding hydrogens is 256 g/mol. The number of piperazine rings is 1. The molecule has 1 saturated heterocycles. The molecular formula is C14H24N4S. The van der Waals surface area contributed by atoms with Crippen LogP contribution < -0.4 is 10.2 Å². The van der Waals surface area contributed by atoms with Gasteiger partial charge in [-0.3, -0.25) is 0 Å². The Hall–Kier alpha value is -0.650. The van der Waals surface area contributed by atoms with E-state index >= 15 is 0 Å². The smallest absolute Gasteiger partial charge is 0.185 e. The first-order valence-electron chi connectivity index (χ1n) is 7.44. The molecule has 0 bridgehead atoms. The van der Waals surface area contributed by atoms with Gasteiger partial charge in [0, 0.05) is 31.1 Å². The van der Waals surface area contributed by atoms with E-state index in [0.29, 0.717) is 6.04 Å². The molecule has 1 aromatic rings. The molecule has 1 N–H and O–H groups in total. The highest BCUT2D eigenvalue weighted by atomic mass is 32.1. The molecule has 2 aliphatic rings. The third kappa shape index (κ3) is 2.78. The van der Waals surface area contributed by atoms with Gasteiger partial charge < -0.3 is 15.1 Å². The van der Waals surface area contributed by atoms with Gasteiger partial charge in [0.2, 0.25) is 0 Å². The van der Waals surface area contributed by atoms with Crippen LogP contribution in [0.4, 0.5) is 5.13 Å². The average molecular weight is 280 g/mol. The summed E-state index contributed by atoms with van der Waals surface area (Å²) < 4.78 is 0. The normalized spacial score (nSPS) is 24.5. The van der Waals surface area contributed by atoms with E-state index in [2.05, 4.69) is 29.1 Å². The van der Waals surface area contributed by atoms with Gasteiger partial charge in [0.15, 0.2) is 5.13 Å². The van der Waals surface area contributed by atoms with E-state index in [9.17, 15) is 0 Å². The van der Waals surface area contributed by atoms with E-state index in [0.717, 1.165) is 32.7 Å². The van der Waals surface area contributed by atoms with Gasteiger partial charge in [0.1, 0.15) is 0 Å². The summed E-state index contributed by atoms with van der Waals surface area (Å²) in [5.74, 6) is 0. The maximum absolute atomic E-state index is 4.96. The van der Waals surface area contributed by atoms with Crippen molar-refractivity contribution in [3.63, 3.8) is 0 Å². The molecule has 0 spiro atoms. The fraction of sp³-hybridized carbons (Fsp3) is 0.786. The Morgan fingerprint density at radius 1 is 1.32 bits per heavy atom. The van der Waals surface area contributed by atoms with Crippen molar-refractivity contribution in [2.45, 2.75) is 32.2 Å². The molecule has 19 heavy (non-hydrogen) atoms. The number of nitrogens with one attached hydrogen (secondary N) is 1. The lowest BCUT2D eigenvalue weighted by Gasteiger charge is -2.32. The average Bonchev–Trinajstić information content (AvgIpc) is 2.85. The van der Waals surface area contributed by atoms with Gasteiger partial charge >= 0.3 is 0 Å². The zero-order chi connectivity index (χ0) is 13.2. The molecule has 1 aliphatic heterocycles. The molecule has 2 heterocycles. The summed E-state index contributed by atoms with van der Waals surface area (Å²) in [6.45, 7) is 7.76. The van der Waals surface area contributed by atoms with Gasteiger partial charge in [0.25, 0.3) is 0 Å². The Labute approximate surface area is 119 Å². The summed E-state index contributed by atoms with van der Waals surface area (Å²) in [5.41, 5.74) is 1.34. The standard InChI is InChI=1S/C14H24N4S/c1-3-15-11-5-4-6-12-13(11)16-14(19-12)18-9-7-17(2)8-10-18/h11,15H,3-10H2,1-2H3. The Morgan fingerprint density at radius 2 is 2.11 bits per heavy atom. The van der Waals surface area contributed by atoms with Crippen LogP contribution in [-0.4, -0.2) is 49.7 Å². The molecule has 1 fully saturated rings. The fourth-order valence-electron chi connectivity index (χ4n) is 2.98. The second-order valence-corrected chi connectivity index (χ2v) is 6.66. The van der Waals surface area contributed by atoms with E-state index in [1.165, 1.54) is 35.0 Å². The number of aromatic nitrogens is 1. The lowest BCUT2D eigenvalue weighted by molar-refractivity contribution is 0.312. The lowest BCUT2D eigenvalue weighted by atomic mass is 9.98. The maximum atomic E-state index is 4.96. The highest BCUT2D eigenvalue weighted by molar-refractivity contribution is 7.15. The van der Waals surface area contributed by atoms with Gasteiger partial charge in [-0.15, -0.1) is 11.3 Å². The zero-order valence-electron chi connectivity index (χ0n) is 12.0. The molecule has 0 radical (unpaired) electrons. The summed E-state index contributed by atoms with van der Waals surface area (Å²) in [4.78, 5) is 11.3. The molecule has 1 atom stereocenters. The predicted octanol–water partition coefficient (Wildman–Crippen LogP) is 1.88. The molecule has 1 aromatic heterocycles. The van der Waals surface area contributed by atoms with E-state index in [1.807, 2.05) is 11.3 Å². The summed E-state index contributed by atoms with van der Waals surface area (Å²) in [6.07, 6.45) is 3.77. The van der Waals surface area contributed by atoms with Crippen LogP contribution in [0.15, 0.2) is 0 Å². The number of anilines is 1. The van der Waals surface area contributed by atoms with Crippen molar-refractivity contribution in [1.82, 2.24) is 15.2 Å². The highest BCUT2D eigenvalue weighted by Gasteiger charge is 2.26. The van der Waals surface area contributed by atoms with Crippen molar-refractivity contribution in [3.8, 4) is 0 Å². The number of rotatable bonds is 3. The lowest BCUT2D eigenvalue weighted by Crippen LogP contribution is -2.44. The van der Waals surface area contributed by atoms with Crippen molar-refractivity contribution < 1.29 is 0 Å². The predicted molar refractivity (Wildman–Crippen MR) is 81.2 cm³/mol. The van der Waals surface area contributed by atoms with Gasteiger partial charge in [-0.2, -0.15) is 0 Å². The van der Waals surface area contributed by atoms with E-state index in [1.54, 1.807) is 0 Å². The minimum Gasteiger partial charge on any atom is -0.346 e. The molecule has 5 heteroatoms. The summed E-state index contributed by atoms with van der Waals surface area (Å²) >= 11 is 1.93. The molecule has 0 saturated carbocycles. The van der Waals surface area contributed by atoms with Crippen LogP contribution in [0.3, 0.4) is 0 Å². The van der Waals surface area contributed by atoms with Crippen LogP contribution in [0.2, 0.25) is 0 Å². The first-order chi connectivity index (χ1) is 9.28. The summed E-state index contributed by atoms with van der Waals surface area (Å²) in [6, 6.07) is 0.492. The van der Waals surface area contributed by atoms with Crippen LogP contribution in [0.25, 0.3) is 0 Å². The number of thiazole rings is 1. The van der Waals surface area contributed by atoms with Crippen LogP contribution in [0, 0.1) is 0 Å². The van der Waals surface area contributed by atoms with Crippen LogP contribution in [0.5, 0.6) is 0 Å². The highest BCUT2D eigenvalue weighted by Crippen LogP contribution is 2.36. The minimum absolute atomic E-state index is 0.492. The van der Waals surface area contributed by atoms with Gasteiger partial charge in [-0.25, -0.2) is 4.98 Å². The Morgan fingerprint density at radius 3 is 2.84 bits per heavy atom. The number of aryl methyl sites for hydroxylation is 1. The molecule has 1 aliphatic carbocycles. The molecule has 0 amide bonds. The largest absolute Gasteiger partial charge is 0.346 e.